The Bertz CT molecular complexity index is 840. The number of carbonyl (C=O) groups excluding carboxylic acids is 1. The summed E-state index contributed by atoms with van der Waals surface area (Å²) in [6, 6.07) is 9.74. The Morgan fingerprint density at radius 1 is 1.25 bits per heavy atom. The van der Waals surface area contributed by atoms with Gasteiger partial charge in [-0.2, -0.15) is 0 Å². The fourth-order valence-electron chi connectivity index (χ4n) is 2.32. The van der Waals surface area contributed by atoms with E-state index in [1.165, 1.54) is 11.8 Å². The molecule has 0 aliphatic carbocycles. The molecule has 0 saturated heterocycles. The van der Waals surface area contributed by atoms with Crippen molar-refractivity contribution in [3.63, 3.8) is 0 Å². The second kappa shape index (κ2) is 6.95. The number of anilines is 1. The number of nitrogens with two attached hydrogens (primary N) is 1. The predicted octanol–water partition coefficient (Wildman–Crippen LogP) is 2.80. The molecular formula is C18H18N4O2. The molecule has 3 N–H and O–H groups in total. The van der Waals surface area contributed by atoms with Crippen LogP contribution in [-0.2, 0) is 6.42 Å². The van der Waals surface area contributed by atoms with E-state index < -0.39 is 5.91 Å². The van der Waals surface area contributed by atoms with Gasteiger partial charge in [-0.15, -0.1) is 0 Å². The Morgan fingerprint density at radius 2 is 2.04 bits per heavy atom. The molecule has 0 bridgehead atoms. The summed E-state index contributed by atoms with van der Waals surface area (Å²) in [5, 5.41) is 3.18. The zero-order valence-electron chi connectivity index (χ0n) is 13.3. The van der Waals surface area contributed by atoms with Gasteiger partial charge >= 0.3 is 0 Å². The number of nitrogens with zero attached hydrogens (tertiary/aromatic N) is 2. The Kier molecular flexibility index (Phi) is 4.56. The molecule has 122 valence electrons. The number of amides is 1. The van der Waals surface area contributed by atoms with E-state index in [1.54, 1.807) is 18.5 Å². The third-order valence-electron chi connectivity index (χ3n) is 3.63. The van der Waals surface area contributed by atoms with Crippen molar-refractivity contribution in [1.29, 1.82) is 0 Å². The van der Waals surface area contributed by atoms with Crippen LogP contribution in [0.4, 0.5) is 5.69 Å². The number of benzene rings is 1. The fourth-order valence-corrected chi connectivity index (χ4v) is 2.32. The fraction of sp³-hybridized carbons (Fsp3) is 0.167. The Morgan fingerprint density at radius 3 is 2.79 bits per heavy atom. The zero-order valence-corrected chi connectivity index (χ0v) is 13.3. The second-order valence-corrected chi connectivity index (χ2v) is 5.47. The summed E-state index contributed by atoms with van der Waals surface area (Å²) in [4.78, 5) is 19.7. The van der Waals surface area contributed by atoms with Gasteiger partial charge in [-0.05, 0) is 25.1 Å². The smallest absolute Gasteiger partial charge is 0.252 e. The predicted molar refractivity (Wildman–Crippen MR) is 91.6 cm³/mol. The Balaban J connectivity index is 1.62. The summed E-state index contributed by atoms with van der Waals surface area (Å²) in [7, 11) is 0. The van der Waals surface area contributed by atoms with Crippen molar-refractivity contribution in [3.05, 3.63) is 65.8 Å². The molecule has 0 saturated carbocycles. The molecule has 0 fully saturated rings. The maximum absolute atomic E-state index is 11.4. The highest BCUT2D eigenvalue weighted by molar-refractivity contribution is 5.98. The SMILES string of the molecule is Cc1ccc(-c2nc(CCNc3ccncc3C(N)=O)co2)cc1. The summed E-state index contributed by atoms with van der Waals surface area (Å²) in [6.45, 7) is 2.64. The summed E-state index contributed by atoms with van der Waals surface area (Å²) in [5.41, 5.74) is 9.35. The quantitative estimate of drug-likeness (QED) is 0.728. The average Bonchev–Trinajstić information content (AvgIpc) is 3.05. The Labute approximate surface area is 139 Å². The third kappa shape index (κ3) is 3.60. The number of hydrogen-bond donors (Lipinski definition) is 2. The number of carbonyl (C=O) groups is 1. The maximum atomic E-state index is 11.4. The van der Waals surface area contributed by atoms with E-state index in [9.17, 15) is 4.79 Å². The lowest BCUT2D eigenvalue weighted by molar-refractivity contribution is 0.100. The minimum atomic E-state index is -0.506. The first kappa shape index (κ1) is 15.7. The maximum Gasteiger partial charge on any atom is 0.252 e. The highest BCUT2D eigenvalue weighted by atomic mass is 16.3. The average molecular weight is 322 g/mol. The van der Waals surface area contributed by atoms with Gasteiger partial charge in [-0.25, -0.2) is 4.98 Å². The van der Waals surface area contributed by atoms with Crippen LogP contribution in [-0.4, -0.2) is 22.4 Å². The van der Waals surface area contributed by atoms with E-state index in [-0.39, 0.29) is 0 Å². The van der Waals surface area contributed by atoms with Crippen molar-refractivity contribution >= 4 is 11.6 Å². The highest BCUT2D eigenvalue weighted by Gasteiger charge is 2.09. The Hall–Kier alpha value is -3.15. The van der Waals surface area contributed by atoms with Gasteiger partial charge in [0, 0.05) is 30.9 Å². The van der Waals surface area contributed by atoms with Crippen molar-refractivity contribution in [3.8, 4) is 11.5 Å². The first-order valence-corrected chi connectivity index (χ1v) is 7.62. The van der Waals surface area contributed by atoms with Crippen molar-refractivity contribution in [2.24, 2.45) is 5.73 Å². The molecule has 0 atom stereocenters. The topological polar surface area (TPSA) is 94.0 Å². The lowest BCUT2D eigenvalue weighted by Crippen LogP contribution is -2.15. The van der Waals surface area contributed by atoms with Crippen molar-refractivity contribution in [1.82, 2.24) is 9.97 Å². The van der Waals surface area contributed by atoms with Crippen LogP contribution < -0.4 is 11.1 Å². The van der Waals surface area contributed by atoms with Crippen molar-refractivity contribution in [2.75, 3.05) is 11.9 Å². The van der Waals surface area contributed by atoms with Crippen LogP contribution >= 0.6 is 0 Å². The molecule has 0 unspecified atom stereocenters. The number of oxazole rings is 1. The van der Waals surface area contributed by atoms with E-state index >= 15 is 0 Å². The van der Waals surface area contributed by atoms with Gasteiger partial charge in [0.1, 0.15) is 6.26 Å². The van der Waals surface area contributed by atoms with E-state index in [2.05, 4.69) is 15.3 Å². The van der Waals surface area contributed by atoms with Crippen molar-refractivity contribution in [2.45, 2.75) is 13.3 Å². The zero-order chi connectivity index (χ0) is 16.9. The van der Waals surface area contributed by atoms with Gasteiger partial charge in [0.15, 0.2) is 0 Å². The molecule has 24 heavy (non-hydrogen) atoms. The van der Waals surface area contributed by atoms with Crippen LogP contribution in [0.5, 0.6) is 0 Å². The summed E-state index contributed by atoms with van der Waals surface area (Å²) in [6.07, 6.45) is 5.38. The van der Waals surface area contributed by atoms with Crippen LogP contribution in [0.2, 0.25) is 0 Å². The van der Waals surface area contributed by atoms with Crippen LogP contribution in [0, 0.1) is 6.92 Å². The normalized spacial score (nSPS) is 10.5. The summed E-state index contributed by atoms with van der Waals surface area (Å²) >= 11 is 0. The number of hydrogen-bond acceptors (Lipinski definition) is 5. The van der Waals surface area contributed by atoms with Gasteiger partial charge in [0.05, 0.1) is 16.9 Å². The minimum absolute atomic E-state index is 0.373. The van der Waals surface area contributed by atoms with Crippen LogP contribution in [0.15, 0.2) is 53.4 Å². The standard InChI is InChI=1S/C18H18N4O2/c1-12-2-4-13(5-3-12)18-22-14(11-24-18)6-9-21-16-7-8-20-10-15(16)17(19)23/h2-5,7-8,10-11H,6,9H2,1H3,(H2,19,23)(H,20,21). The second-order valence-electron chi connectivity index (χ2n) is 5.47. The monoisotopic (exact) mass is 322 g/mol. The van der Waals surface area contributed by atoms with Crippen LogP contribution in [0.3, 0.4) is 0 Å². The number of rotatable bonds is 6. The number of nitrogens with one attached hydrogen (secondary N) is 1. The largest absolute Gasteiger partial charge is 0.444 e. The third-order valence-corrected chi connectivity index (χ3v) is 3.63. The number of aromatic nitrogens is 2. The van der Waals surface area contributed by atoms with Gasteiger partial charge in [-0.1, -0.05) is 17.7 Å². The van der Waals surface area contributed by atoms with Gasteiger partial charge in [0.25, 0.3) is 5.91 Å². The molecule has 0 aliphatic rings. The molecule has 2 aromatic heterocycles. The van der Waals surface area contributed by atoms with E-state index in [4.69, 9.17) is 10.2 Å². The summed E-state index contributed by atoms with van der Waals surface area (Å²) in [5.74, 6) is 0.0976. The highest BCUT2D eigenvalue weighted by Crippen LogP contribution is 2.19. The van der Waals surface area contributed by atoms with E-state index in [0.717, 1.165) is 11.3 Å². The molecule has 0 spiro atoms. The molecule has 6 nitrogen and oxygen atoms in total. The number of primary amides is 1. The lowest BCUT2D eigenvalue weighted by atomic mass is 10.1. The van der Waals surface area contributed by atoms with Gasteiger partial charge in [0.2, 0.25) is 5.89 Å². The molecule has 0 aliphatic heterocycles. The molecule has 3 aromatic rings. The van der Waals surface area contributed by atoms with Gasteiger partial charge in [-0.3, -0.25) is 9.78 Å². The first-order chi connectivity index (χ1) is 11.6. The van der Waals surface area contributed by atoms with E-state index in [0.29, 0.717) is 30.1 Å². The molecule has 6 heteroatoms. The minimum Gasteiger partial charge on any atom is -0.444 e. The molecule has 3 rings (SSSR count). The van der Waals surface area contributed by atoms with Gasteiger partial charge < -0.3 is 15.5 Å². The molecule has 2 heterocycles. The molecular weight excluding hydrogens is 304 g/mol. The van der Waals surface area contributed by atoms with Crippen LogP contribution in [0.25, 0.3) is 11.5 Å². The molecule has 1 amide bonds. The first-order valence-electron chi connectivity index (χ1n) is 7.62. The van der Waals surface area contributed by atoms with E-state index in [1.807, 2.05) is 31.2 Å². The number of aryl methyl sites for hydroxylation is 1. The summed E-state index contributed by atoms with van der Waals surface area (Å²) < 4.78 is 5.53. The number of pyridine rings is 1. The molecule has 0 radical (unpaired) electrons. The lowest BCUT2D eigenvalue weighted by Gasteiger charge is -2.08. The van der Waals surface area contributed by atoms with Crippen molar-refractivity contribution < 1.29 is 9.21 Å². The molecule has 1 aromatic carbocycles. The van der Waals surface area contributed by atoms with Crippen LogP contribution in [0.1, 0.15) is 21.6 Å².